The summed E-state index contributed by atoms with van der Waals surface area (Å²) in [5, 5.41) is 7.11. The molecule has 0 aromatic carbocycles. The molecule has 0 aliphatic carbocycles. The molecule has 136 valence electrons. The molecule has 1 N–H and O–H groups in total. The molecule has 3 aromatic rings. The standard InChI is InChI=1S/C17H20N6O2S/c1-3-12-7-15(24)23-14(18-12)8-13(20-23)11-5-4-6-22(9-11)17(25)16-10(2)19-21-26-16/h7-8,11,20H,3-6,9H2,1-2H3/t11-/m0/s1. The third-order valence-corrected chi connectivity index (χ3v) is 5.70. The minimum absolute atomic E-state index is 0.0122. The largest absolute Gasteiger partial charge is 0.337 e. The maximum absolute atomic E-state index is 12.7. The Morgan fingerprint density at radius 3 is 3.00 bits per heavy atom. The van der Waals surface area contributed by atoms with Crippen molar-refractivity contribution >= 4 is 23.1 Å². The summed E-state index contributed by atoms with van der Waals surface area (Å²) in [6.07, 6.45) is 2.60. The van der Waals surface area contributed by atoms with Crippen LogP contribution in [0.1, 0.15) is 52.4 Å². The van der Waals surface area contributed by atoms with Crippen LogP contribution in [-0.4, -0.2) is 48.1 Å². The van der Waals surface area contributed by atoms with Crippen molar-refractivity contribution in [2.75, 3.05) is 13.1 Å². The number of aryl methyl sites for hydroxylation is 2. The van der Waals surface area contributed by atoms with Gasteiger partial charge in [0.2, 0.25) is 0 Å². The van der Waals surface area contributed by atoms with Gasteiger partial charge in [-0.25, -0.2) is 9.50 Å². The summed E-state index contributed by atoms with van der Waals surface area (Å²) in [5.74, 6) is 0.141. The second-order valence-corrected chi connectivity index (χ2v) is 7.38. The van der Waals surface area contributed by atoms with E-state index in [9.17, 15) is 9.59 Å². The zero-order valence-electron chi connectivity index (χ0n) is 14.7. The number of nitrogens with zero attached hydrogens (tertiary/aromatic N) is 5. The van der Waals surface area contributed by atoms with Crippen molar-refractivity contribution in [1.29, 1.82) is 0 Å². The number of rotatable bonds is 3. The third-order valence-electron chi connectivity index (χ3n) is 4.88. The number of hydrogen-bond acceptors (Lipinski definition) is 6. The first-order valence-corrected chi connectivity index (χ1v) is 9.54. The van der Waals surface area contributed by atoms with Crippen LogP contribution in [-0.2, 0) is 6.42 Å². The predicted molar refractivity (Wildman–Crippen MR) is 97.7 cm³/mol. The fourth-order valence-electron chi connectivity index (χ4n) is 3.44. The maximum Gasteiger partial charge on any atom is 0.272 e. The fraction of sp³-hybridized carbons (Fsp3) is 0.471. The Morgan fingerprint density at radius 2 is 2.27 bits per heavy atom. The van der Waals surface area contributed by atoms with Crippen LogP contribution in [0.15, 0.2) is 16.9 Å². The zero-order valence-corrected chi connectivity index (χ0v) is 15.5. The van der Waals surface area contributed by atoms with E-state index in [0.717, 1.165) is 48.7 Å². The Morgan fingerprint density at radius 1 is 1.42 bits per heavy atom. The van der Waals surface area contributed by atoms with Crippen LogP contribution in [0.3, 0.4) is 0 Å². The second kappa shape index (κ2) is 6.64. The lowest BCUT2D eigenvalue weighted by Crippen LogP contribution is -2.39. The average molecular weight is 372 g/mol. The van der Waals surface area contributed by atoms with Crippen molar-refractivity contribution in [3.8, 4) is 0 Å². The van der Waals surface area contributed by atoms with E-state index in [1.807, 2.05) is 17.9 Å². The van der Waals surface area contributed by atoms with Crippen LogP contribution in [0.5, 0.6) is 0 Å². The number of nitrogens with one attached hydrogen (secondary N) is 1. The molecule has 9 heteroatoms. The molecule has 1 aliphatic rings. The number of carbonyl (C=O) groups excluding carboxylic acids is 1. The highest BCUT2D eigenvalue weighted by Gasteiger charge is 2.28. The van der Waals surface area contributed by atoms with Gasteiger partial charge in [0.15, 0.2) is 5.65 Å². The van der Waals surface area contributed by atoms with Gasteiger partial charge in [0.05, 0.1) is 5.69 Å². The summed E-state index contributed by atoms with van der Waals surface area (Å²) in [7, 11) is 0. The molecule has 0 unspecified atom stereocenters. The van der Waals surface area contributed by atoms with Gasteiger partial charge < -0.3 is 4.90 Å². The van der Waals surface area contributed by atoms with Crippen molar-refractivity contribution in [3.63, 3.8) is 0 Å². The van der Waals surface area contributed by atoms with Crippen LogP contribution in [0.4, 0.5) is 0 Å². The first-order chi connectivity index (χ1) is 12.6. The molecular weight excluding hydrogens is 352 g/mol. The van der Waals surface area contributed by atoms with Crippen LogP contribution in [0.25, 0.3) is 5.65 Å². The average Bonchev–Trinajstić information content (AvgIpc) is 3.27. The lowest BCUT2D eigenvalue weighted by molar-refractivity contribution is 0.0710. The first kappa shape index (κ1) is 16.9. The molecule has 0 radical (unpaired) electrons. The van der Waals surface area contributed by atoms with Crippen molar-refractivity contribution in [2.24, 2.45) is 0 Å². The number of H-pyrrole nitrogens is 1. The van der Waals surface area contributed by atoms with E-state index in [4.69, 9.17) is 0 Å². The molecule has 0 spiro atoms. The Labute approximate surface area is 154 Å². The molecule has 4 rings (SSSR count). The zero-order chi connectivity index (χ0) is 18.3. The highest BCUT2D eigenvalue weighted by atomic mass is 32.1. The SMILES string of the molecule is CCc1cc(=O)n2[nH]c([C@H]3CCCN(C(=O)c4snnc4C)C3)cc2n1. The molecule has 4 heterocycles. The minimum Gasteiger partial charge on any atom is -0.337 e. The molecule has 3 aromatic heterocycles. The summed E-state index contributed by atoms with van der Waals surface area (Å²) in [5.41, 5.74) is 2.94. The molecule has 1 atom stereocenters. The van der Waals surface area contributed by atoms with Crippen LogP contribution in [0, 0.1) is 6.92 Å². The smallest absolute Gasteiger partial charge is 0.272 e. The van der Waals surface area contributed by atoms with Crippen LogP contribution >= 0.6 is 11.5 Å². The third kappa shape index (κ3) is 2.92. The Balaban J connectivity index is 1.61. The molecule has 1 aliphatic heterocycles. The molecule has 1 fully saturated rings. The number of aromatic nitrogens is 5. The summed E-state index contributed by atoms with van der Waals surface area (Å²) >= 11 is 1.14. The number of amides is 1. The number of fused-ring (bicyclic) bond motifs is 1. The lowest BCUT2D eigenvalue weighted by Gasteiger charge is -2.31. The number of hydrogen-bond donors (Lipinski definition) is 1. The van der Waals surface area contributed by atoms with E-state index in [2.05, 4.69) is 19.7 Å². The summed E-state index contributed by atoms with van der Waals surface area (Å²) < 4.78 is 5.34. The van der Waals surface area contributed by atoms with E-state index < -0.39 is 0 Å². The topological polar surface area (TPSA) is 96.2 Å². The normalized spacial score (nSPS) is 17.8. The number of aromatic amines is 1. The van der Waals surface area contributed by atoms with E-state index in [1.54, 1.807) is 13.0 Å². The van der Waals surface area contributed by atoms with Gasteiger partial charge in [-0.15, -0.1) is 5.10 Å². The van der Waals surface area contributed by atoms with E-state index in [1.165, 1.54) is 4.52 Å². The summed E-state index contributed by atoms with van der Waals surface area (Å²) in [6, 6.07) is 3.49. The summed E-state index contributed by atoms with van der Waals surface area (Å²) in [4.78, 5) is 32.0. The maximum atomic E-state index is 12.7. The highest BCUT2D eigenvalue weighted by molar-refractivity contribution is 7.07. The van der Waals surface area contributed by atoms with Gasteiger partial charge in [0.25, 0.3) is 11.5 Å². The minimum atomic E-state index is -0.104. The van der Waals surface area contributed by atoms with E-state index in [-0.39, 0.29) is 17.4 Å². The van der Waals surface area contributed by atoms with Gasteiger partial charge in [-0.1, -0.05) is 11.4 Å². The highest BCUT2D eigenvalue weighted by Crippen LogP contribution is 2.28. The molecule has 8 nitrogen and oxygen atoms in total. The predicted octanol–water partition coefficient (Wildman–Crippen LogP) is 1.76. The monoisotopic (exact) mass is 372 g/mol. The molecular formula is C17H20N6O2S. The number of piperidine rings is 1. The number of likely N-dealkylation sites (tertiary alicyclic amines) is 1. The Hall–Kier alpha value is -2.55. The van der Waals surface area contributed by atoms with Gasteiger partial charge in [0, 0.05) is 42.5 Å². The quantitative estimate of drug-likeness (QED) is 0.756. The Bertz CT molecular complexity index is 1020. The molecule has 1 amide bonds. The van der Waals surface area contributed by atoms with Crippen molar-refractivity contribution < 1.29 is 4.79 Å². The van der Waals surface area contributed by atoms with Gasteiger partial charge in [-0.3, -0.25) is 14.7 Å². The molecule has 26 heavy (non-hydrogen) atoms. The van der Waals surface area contributed by atoms with E-state index >= 15 is 0 Å². The van der Waals surface area contributed by atoms with Crippen molar-refractivity contribution in [3.05, 3.63) is 44.4 Å². The van der Waals surface area contributed by atoms with E-state index in [0.29, 0.717) is 22.8 Å². The first-order valence-electron chi connectivity index (χ1n) is 8.76. The van der Waals surface area contributed by atoms with Gasteiger partial charge in [-0.2, -0.15) is 0 Å². The summed E-state index contributed by atoms with van der Waals surface area (Å²) in [6.45, 7) is 5.12. The molecule has 0 saturated carbocycles. The van der Waals surface area contributed by atoms with Gasteiger partial charge in [0.1, 0.15) is 4.88 Å². The van der Waals surface area contributed by atoms with Crippen LogP contribution in [0.2, 0.25) is 0 Å². The van der Waals surface area contributed by atoms with Crippen molar-refractivity contribution in [2.45, 2.75) is 39.0 Å². The van der Waals surface area contributed by atoms with Gasteiger partial charge >= 0.3 is 0 Å². The second-order valence-electron chi connectivity index (χ2n) is 6.62. The van der Waals surface area contributed by atoms with Crippen molar-refractivity contribution in [1.82, 2.24) is 29.1 Å². The Kier molecular flexibility index (Phi) is 4.31. The number of carbonyl (C=O) groups is 1. The fourth-order valence-corrected chi connectivity index (χ4v) is 4.06. The van der Waals surface area contributed by atoms with Crippen LogP contribution < -0.4 is 5.56 Å². The lowest BCUT2D eigenvalue weighted by atomic mass is 9.94. The molecule has 1 saturated heterocycles. The van der Waals surface area contributed by atoms with Gasteiger partial charge in [-0.05, 0) is 37.7 Å². The molecule has 0 bridgehead atoms.